The number of hydrogen-bond acceptors (Lipinski definition) is 5. The van der Waals surface area contributed by atoms with Crippen molar-refractivity contribution >= 4 is 28.0 Å². The van der Waals surface area contributed by atoms with E-state index in [1.807, 2.05) is 6.07 Å². The van der Waals surface area contributed by atoms with Crippen LogP contribution in [0.1, 0.15) is 5.56 Å². The van der Waals surface area contributed by atoms with Crippen molar-refractivity contribution in [3.8, 4) is 6.07 Å². The Morgan fingerprint density at radius 2 is 2.15 bits per heavy atom. The number of nitrogens with zero attached hydrogens (tertiary/aromatic N) is 3. The molecule has 2 heterocycles. The van der Waals surface area contributed by atoms with Crippen molar-refractivity contribution in [1.29, 1.82) is 5.26 Å². The van der Waals surface area contributed by atoms with E-state index in [9.17, 15) is 9.59 Å². The van der Waals surface area contributed by atoms with Crippen LogP contribution in [-0.4, -0.2) is 20.4 Å². The summed E-state index contributed by atoms with van der Waals surface area (Å²) in [5, 5.41) is 18.4. The van der Waals surface area contributed by atoms with Gasteiger partial charge in [-0.15, -0.1) is 5.10 Å². The molecule has 2 aromatic heterocycles. The molecule has 3 aromatic rings. The molecular formula is C13H7N5O2. The second-order valence-electron chi connectivity index (χ2n) is 4.09. The zero-order valence-corrected chi connectivity index (χ0v) is 10.0. The summed E-state index contributed by atoms with van der Waals surface area (Å²) >= 11 is 0. The van der Waals surface area contributed by atoms with Crippen LogP contribution in [0.2, 0.25) is 0 Å². The largest absolute Gasteiger partial charge is 0.320 e. The minimum atomic E-state index is -0.498. The first-order valence-corrected chi connectivity index (χ1v) is 5.68. The van der Waals surface area contributed by atoms with E-state index in [1.54, 1.807) is 24.3 Å². The Labute approximate surface area is 111 Å². The van der Waals surface area contributed by atoms with E-state index in [2.05, 4.69) is 20.4 Å². The highest BCUT2D eigenvalue weighted by atomic mass is 16.1. The van der Waals surface area contributed by atoms with Crippen molar-refractivity contribution in [1.82, 2.24) is 20.4 Å². The molecule has 0 spiro atoms. The molecule has 0 unspecified atom stereocenters. The lowest BCUT2D eigenvalue weighted by atomic mass is 10.1. The van der Waals surface area contributed by atoms with Crippen molar-refractivity contribution < 1.29 is 0 Å². The van der Waals surface area contributed by atoms with Crippen LogP contribution in [0.15, 0.2) is 33.9 Å². The summed E-state index contributed by atoms with van der Waals surface area (Å²) in [5.74, 6) is 0. The Morgan fingerprint density at radius 3 is 2.95 bits per heavy atom. The van der Waals surface area contributed by atoms with Crippen molar-refractivity contribution in [2.24, 2.45) is 0 Å². The third-order valence-electron chi connectivity index (χ3n) is 2.88. The number of hydrogen-bond donors (Lipinski definition) is 2. The lowest BCUT2D eigenvalue weighted by Crippen LogP contribution is -2.02. The van der Waals surface area contributed by atoms with Gasteiger partial charge in [0.25, 0.3) is 5.56 Å². The average molecular weight is 265 g/mol. The number of aromatic amines is 2. The van der Waals surface area contributed by atoms with E-state index < -0.39 is 5.56 Å². The fourth-order valence-corrected chi connectivity index (χ4v) is 1.96. The molecule has 7 heteroatoms. The van der Waals surface area contributed by atoms with E-state index in [0.717, 1.165) is 0 Å². The molecular weight excluding hydrogens is 258 g/mol. The summed E-state index contributed by atoms with van der Waals surface area (Å²) in [4.78, 5) is 26.8. The van der Waals surface area contributed by atoms with Crippen LogP contribution < -0.4 is 11.0 Å². The third kappa shape index (κ3) is 1.76. The van der Waals surface area contributed by atoms with Crippen LogP contribution in [0.25, 0.3) is 28.0 Å². The Bertz CT molecular complexity index is 1010. The normalized spacial score (nSPS) is 11.2. The zero-order chi connectivity index (χ0) is 14.1. The van der Waals surface area contributed by atoms with Crippen LogP contribution in [0.3, 0.4) is 0 Å². The van der Waals surface area contributed by atoms with E-state index in [4.69, 9.17) is 5.26 Å². The maximum Gasteiger partial charge on any atom is 0.278 e. The maximum atomic E-state index is 12.3. The van der Waals surface area contributed by atoms with E-state index >= 15 is 0 Å². The Morgan fingerprint density at radius 1 is 1.30 bits per heavy atom. The Balaban J connectivity index is 2.47. The van der Waals surface area contributed by atoms with Gasteiger partial charge in [-0.05, 0) is 23.8 Å². The third-order valence-corrected chi connectivity index (χ3v) is 2.88. The van der Waals surface area contributed by atoms with Crippen molar-refractivity contribution in [2.75, 3.05) is 0 Å². The number of aromatic nitrogens is 4. The molecule has 0 saturated heterocycles. The molecule has 0 aliphatic rings. The van der Waals surface area contributed by atoms with E-state index in [1.165, 1.54) is 6.08 Å². The summed E-state index contributed by atoms with van der Waals surface area (Å²) in [6, 6.07) is 6.78. The zero-order valence-electron chi connectivity index (χ0n) is 10.0. The molecule has 0 bridgehead atoms. The second-order valence-corrected chi connectivity index (χ2v) is 4.09. The summed E-state index contributed by atoms with van der Waals surface area (Å²) < 4.78 is 0. The lowest BCUT2D eigenvalue weighted by molar-refractivity contribution is 0.955. The fourth-order valence-electron chi connectivity index (χ4n) is 1.96. The minimum Gasteiger partial charge on any atom is -0.320 e. The summed E-state index contributed by atoms with van der Waals surface area (Å²) in [7, 11) is 0. The van der Waals surface area contributed by atoms with Crippen LogP contribution in [0.4, 0.5) is 0 Å². The summed E-state index contributed by atoms with van der Waals surface area (Å²) in [6.07, 6.45) is 2.90. The molecule has 0 saturated carbocycles. The van der Waals surface area contributed by atoms with Gasteiger partial charge in [0.1, 0.15) is 5.52 Å². The summed E-state index contributed by atoms with van der Waals surface area (Å²) in [6.45, 7) is 0. The summed E-state index contributed by atoms with van der Waals surface area (Å²) in [5.41, 5.74) is 0.278. The van der Waals surface area contributed by atoms with Gasteiger partial charge in [-0.2, -0.15) is 5.26 Å². The van der Waals surface area contributed by atoms with Crippen molar-refractivity contribution in [2.45, 2.75) is 0 Å². The van der Waals surface area contributed by atoms with Gasteiger partial charge in [0, 0.05) is 11.5 Å². The van der Waals surface area contributed by atoms with Gasteiger partial charge in [-0.1, -0.05) is 11.3 Å². The molecule has 3 rings (SSSR count). The van der Waals surface area contributed by atoms with E-state index in [0.29, 0.717) is 16.5 Å². The number of allylic oxidation sites excluding steroid dienone is 1. The Hall–Kier alpha value is -3.27. The van der Waals surface area contributed by atoms with Crippen LogP contribution >= 0.6 is 0 Å². The van der Waals surface area contributed by atoms with Crippen molar-refractivity contribution in [3.05, 3.63) is 50.4 Å². The van der Waals surface area contributed by atoms with Gasteiger partial charge in [0.2, 0.25) is 5.43 Å². The average Bonchev–Trinajstić information content (AvgIpc) is 2.90. The molecule has 1 aromatic carbocycles. The molecule has 7 nitrogen and oxygen atoms in total. The molecule has 96 valence electrons. The predicted molar refractivity (Wildman–Crippen MR) is 72.9 cm³/mol. The molecule has 0 atom stereocenters. The van der Waals surface area contributed by atoms with Crippen LogP contribution in [0.5, 0.6) is 0 Å². The van der Waals surface area contributed by atoms with E-state index in [-0.39, 0.29) is 16.5 Å². The maximum absolute atomic E-state index is 12.3. The molecule has 0 aliphatic carbocycles. The predicted octanol–water partition coefficient (Wildman–Crippen LogP) is 0.696. The highest BCUT2D eigenvalue weighted by Gasteiger charge is 2.09. The topological polar surface area (TPSA) is 115 Å². The SMILES string of the molecule is N#C/C=C\c1ccc2c(=O)c3[nH]nnc3c(=O)[nH]c2c1. The first-order valence-electron chi connectivity index (χ1n) is 5.68. The first-order chi connectivity index (χ1) is 9.70. The molecule has 2 N–H and O–H groups in total. The number of fused-ring (bicyclic) bond motifs is 2. The number of H-pyrrole nitrogens is 2. The molecule has 0 aliphatic heterocycles. The Kier molecular flexibility index (Phi) is 2.62. The van der Waals surface area contributed by atoms with Gasteiger partial charge in [-0.3, -0.25) is 14.7 Å². The number of benzene rings is 1. The monoisotopic (exact) mass is 265 g/mol. The van der Waals surface area contributed by atoms with Crippen LogP contribution in [0, 0.1) is 11.3 Å². The fraction of sp³-hybridized carbons (Fsp3) is 0. The number of nitrogens with one attached hydrogen (secondary N) is 2. The lowest BCUT2D eigenvalue weighted by Gasteiger charge is -1.94. The first kappa shape index (κ1) is 11.8. The minimum absolute atomic E-state index is 0.0275. The standard InChI is InChI=1S/C13H7N5O2/c14-5-1-2-7-3-4-8-9(6-7)15-13(20)11-10(12(8)19)16-18-17-11/h1-4,6H,(H,15,20)(H,16,17,18)/b2-1-. The number of rotatable bonds is 1. The molecule has 0 amide bonds. The van der Waals surface area contributed by atoms with Gasteiger partial charge in [0.05, 0.1) is 11.6 Å². The van der Waals surface area contributed by atoms with Gasteiger partial charge < -0.3 is 4.98 Å². The molecule has 0 fully saturated rings. The highest BCUT2D eigenvalue weighted by Crippen LogP contribution is 2.11. The second kappa shape index (κ2) is 4.44. The highest BCUT2D eigenvalue weighted by molar-refractivity contribution is 5.87. The smallest absolute Gasteiger partial charge is 0.278 e. The van der Waals surface area contributed by atoms with Gasteiger partial charge in [-0.25, -0.2) is 0 Å². The van der Waals surface area contributed by atoms with Gasteiger partial charge in [0.15, 0.2) is 5.52 Å². The quantitative estimate of drug-likeness (QED) is 0.628. The molecule has 20 heavy (non-hydrogen) atoms. The van der Waals surface area contributed by atoms with Crippen LogP contribution in [-0.2, 0) is 0 Å². The number of nitriles is 1. The van der Waals surface area contributed by atoms with Crippen molar-refractivity contribution in [3.63, 3.8) is 0 Å². The van der Waals surface area contributed by atoms with Gasteiger partial charge >= 0.3 is 0 Å². The molecule has 0 radical (unpaired) electrons.